The Morgan fingerprint density at radius 3 is 2.67 bits per heavy atom. The zero-order valence-corrected chi connectivity index (χ0v) is 20.3. The average Bonchev–Trinajstić information content (AvgIpc) is 3.28. The van der Waals surface area contributed by atoms with Crippen LogP contribution in [-0.2, 0) is 6.42 Å². The van der Waals surface area contributed by atoms with Crippen LogP contribution in [-0.4, -0.2) is 60.2 Å². The van der Waals surface area contributed by atoms with Gasteiger partial charge in [0.2, 0.25) is 0 Å². The molecule has 1 aromatic heterocycles. The molecule has 1 fully saturated rings. The topological polar surface area (TPSA) is 115 Å². The quantitative estimate of drug-likeness (QED) is 0.487. The smallest absolute Gasteiger partial charge is 0.325 e. The van der Waals surface area contributed by atoms with Gasteiger partial charge in [-0.1, -0.05) is 11.6 Å². The summed E-state index contributed by atoms with van der Waals surface area (Å²) in [5, 5.41) is 18.1. The van der Waals surface area contributed by atoms with Crippen molar-refractivity contribution in [3.63, 3.8) is 0 Å². The summed E-state index contributed by atoms with van der Waals surface area (Å²) in [6, 6.07) is 5.27. The molecule has 2 heterocycles. The molecule has 1 aliphatic heterocycles. The van der Waals surface area contributed by atoms with Crippen molar-refractivity contribution in [1.82, 2.24) is 20.2 Å². The lowest BCUT2D eigenvalue weighted by molar-refractivity contribution is 0.262. The number of aromatic nitrogens is 2. The van der Waals surface area contributed by atoms with E-state index < -0.39 is 6.03 Å². The first-order chi connectivity index (χ1) is 15.5. The van der Waals surface area contributed by atoms with E-state index in [2.05, 4.69) is 37.7 Å². The van der Waals surface area contributed by atoms with E-state index in [0.29, 0.717) is 22.5 Å². The number of halogens is 2. The highest BCUT2D eigenvalue weighted by molar-refractivity contribution is 6.31. The number of carbonyl (C=O) groups is 1. The number of ether oxygens (including phenoxy) is 1. The third-order valence-electron chi connectivity index (χ3n) is 5.24. The van der Waals surface area contributed by atoms with Gasteiger partial charge in [-0.2, -0.15) is 5.26 Å². The Labute approximate surface area is 205 Å². The van der Waals surface area contributed by atoms with Gasteiger partial charge in [-0.15, -0.1) is 12.4 Å². The second kappa shape index (κ2) is 13.2. The molecule has 0 spiro atoms. The van der Waals surface area contributed by atoms with Crippen molar-refractivity contribution in [3.05, 3.63) is 40.8 Å². The van der Waals surface area contributed by atoms with E-state index in [-0.39, 0.29) is 23.9 Å². The van der Waals surface area contributed by atoms with Crippen molar-refractivity contribution in [1.29, 1.82) is 5.26 Å². The highest BCUT2D eigenvalue weighted by Crippen LogP contribution is 2.31. The third-order valence-corrected chi connectivity index (χ3v) is 5.59. The Morgan fingerprint density at radius 1 is 1.27 bits per heavy atom. The second-order valence-electron chi connectivity index (χ2n) is 7.73. The predicted molar refractivity (Wildman–Crippen MR) is 131 cm³/mol. The number of nitriles is 1. The summed E-state index contributed by atoms with van der Waals surface area (Å²) in [6.45, 7) is 6.43. The van der Waals surface area contributed by atoms with Crippen molar-refractivity contribution in [2.75, 3.05) is 43.9 Å². The number of anilines is 2. The Hall–Kier alpha value is -2.64. The Morgan fingerprint density at radius 2 is 2.03 bits per heavy atom. The molecule has 0 unspecified atom stereocenters. The van der Waals surface area contributed by atoms with Crippen LogP contribution in [0.25, 0.3) is 0 Å². The van der Waals surface area contributed by atoms with Gasteiger partial charge in [0, 0.05) is 17.6 Å². The molecule has 0 radical (unpaired) electrons. The number of hydrogen-bond acceptors (Lipinski definition) is 7. The largest absolute Gasteiger partial charge is 0.495 e. The van der Waals surface area contributed by atoms with Gasteiger partial charge in [0.05, 0.1) is 25.2 Å². The molecule has 1 atom stereocenters. The van der Waals surface area contributed by atoms with Gasteiger partial charge < -0.3 is 20.3 Å². The molecule has 1 aromatic carbocycles. The van der Waals surface area contributed by atoms with Crippen LogP contribution < -0.4 is 20.7 Å². The molecule has 33 heavy (non-hydrogen) atoms. The molecule has 3 N–H and O–H groups in total. The van der Waals surface area contributed by atoms with Gasteiger partial charge in [-0.05, 0) is 63.5 Å². The minimum atomic E-state index is -0.525. The van der Waals surface area contributed by atoms with Crippen molar-refractivity contribution in [2.24, 2.45) is 0 Å². The normalized spacial score (nSPS) is 14.1. The summed E-state index contributed by atoms with van der Waals surface area (Å²) >= 11 is 6.47. The number of amides is 2. The van der Waals surface area contributed by atoms with E-state index in [0.717, 1.165) is 25.1 Å². The molecule has 1 aliphatic rings. The highest BCUT2D eigenvalue weighted by atomic mass is 35.5. The van der Waals surface area contributed by atoms with Gasteiger partial charge in [0.25, 0.3) is 0 Å². The van der Waals surface area contributed by atoms with Crippen molar-refractivity contribution in [3.8, 4) is 11.8 Å². The molecular weight excluding hydrogens is 465 g/mol. The van der Waals surface area contributed by atoms with Crippen LogP contribution in [0.3, 0.4) is 0 Å². The summed E-state index contributed by atoms with van der Waals surface area (Å²) in [5.74, 6) is 0.730. The zero-order valence-electron chi connectivity index (χ0n) is 18.7. The van der Waals surface area contributed by atoms with Crippen LogP contribution in [0.5, 0.6) is 5.75 Å². The fraction of sp³-hybridized carbons (Fsp3) is 0.455. The number of nitrogens with zero attached hydrogens (tertiary/aromatic N) is 4. The Bertz CT molecular complexity index is 960. The number of rotatable bonds is 9. The minimum absolute atomic E-state index is 0. The van der Waals surface area contributed by atoms with E-state index in [1.807, 2.05) is 12.1 Å². The highest BCUT2D eigenvalue weighted by Gasteiger charge is 2.15. The summed E-state index contributed by atoms with van der Waals surface area (Å²) in [4.78, 5) is 22.6. The number of benzene rings is 1. The SMILES string of the molecule is COc1cc(CCN[C@H](C)CN2CCCC2)c(Cl)cc1NC(=O)Nc1cnc(C#N)cn1.Cl. The molecular formula is C22H29Cl2N7O2. The van der Waals surface area contributed by atoms with Crippen LogP contribution in [0, 0.1) is 11.3 Å². The summed E-state index contributed by atoms with van der Waals surface area (Å²) in [7, 11) is 1.54. The monoisotopic (exact) mass is 493 g/mol. The predicted octanol–water partition coefficient (Wildman–Crippen LogP) is 3.69. The fourth-order valence-corrected chi connectivity index (χ4v) is 3.90. The fourth-order valence-electron chi connectivity index (χ4n) is 3.64. The third kappa shape index (κ3) is 8.02. The van der Waals surface area contributed by atoms with E-state index in [1.165, 1.54) is 38.3 Å². The first kappa shape index (κ1) is 26.6. The van der Waals surface area contributed by atoms with Crippen molar-refractivity contribution >= 4 is 41.5 Å². The number of carbonyl (C=O) groups excluding carboxylic acids is 1. The van der Waals surface area contributed by atoms with Crippen LogP contribution in [0.15, 0.2) is 24.5 Å². The second-order valence-corrected chi connectivity index (χ2v) is 8.14. The van der Waals surface area contributed by atoms with E-state index in [9.17, 15) is 4.79 Å². The van der Waals surface area contributed by atoms with Gasteiger partial charge >= 0.3 is 6.03 Å². The standard InChI is InChI=1S/C22H28ClN7O2.ClH/c1-15(14-30-7-3-4-8-30)25-6-5-16-9-20(32-2)19(10-18(16)23)28-22(31)29-21-13-26-17(11-24)12-27-21;/h9-10,12-13,15,25H,3-8,14H2,1-2H3,(H2,27,28,29,31);1H/t15-;/m1./s1. The maximum absolute atomic E-state index is 12.3. The van der Waals surface area contributed by atoms with Crippen molar-refractivity contribution in [2.45, 2.75) is 32.2 Å². The number of likely N-dealkylation sites (tertiary alicyclic amines) is 1. The van der Waals surface area contributed by atoms with Crippen LogP contribution in [0.1, 0.15) is 31.0 Å². The van der Waals surface area contributed by atoms with Crippen LogP contribution in [0.2, 0.25) is 5.02 Å². The molecule has 11 heteroatoms. The number of hydrogen-bond donors (Lipinski definition) is 3. The summed E-state index contributed by atoms with van der Waals surface area (Å²) in [5.41, 5.74) is 1.55. The molecule has 0 bridgehead atoms. The van der Waals surface area contributed by atoms with Gasteiger partial charge in [0.15, 0.2) is 11.5 Å². The molecule has 178 valence electrons. The molecule has 2 amide bonds. The van der Waals surface area contributed by atoms with Gasteiger partial charge in [0.1, 0.15) is 11.8 Å². The lowest BCUT2D eigenvalue weighted by Crippen LogP contribution is -2.38. The molecule has 9 nitrogen and oxygen atoms in total. The summed E-state index contributed by atoms with van der Waals surface area (Å²) < 4.78 is 5.45. The number of nitrogens with one attached hydrogen (secondary N) is 3. The molecule has 0 aliphatic carbocycles. The molecule has 3 rings (SSSR count). The maximum Gasteiger partial charge on any atom is 0.325 e. The Kier molecular flexibility index (Phi) is 10.6. The Balaban J connectivity index is 0.00000385. The molecule has 1 saturated heterocycles. The summed E-state index contributed by atoms with van der Waals surface area (Å²) in [6.07, 6.45) is 5.92. The number of methoxy groups -OCH3 is 1. The number of urea groups is 1. The lowest BCUT2D eigenvalue weighted by Gasteiger charge is -2.21. The van der Waals surface area contributed by atoms with Crippen LogP contribution in [0.4, 0.5) is 16.3 Å². The molecule has 0 saturated carbocycles. The van der Waals surface area contributed by atoms with Crippen molar-refractivity contribution < 1.29 is 9.53 Å². The first-order valence-corrected chi connectivity index (χ1v) is 11.0. The van der Waals surface area contributed by atoms with E-state index in [1.54, 1.807) is 13.2 Å². The lowest BCUT2D eigenvalue weighted by atomic mass is 10.1. The zero-order chi connectivity index (χ0) is 22.9. The average molecular weight is 494 g/mol. The van der Waals surface area contributed by atoms with E-state index >= 15 is 0 Å². The van der Waals surface area contributed by atoms with Gasteiger partial charge in [-0.3, -0.25) is 5.32 Å². The molecule has 2 aromatic rings. The van der Waals surface area contributed by atoms with E-state index in [4.69, 9.17) is 21.6 Å². The first-order valence-electron chi connectivity index (χ1n) is 10.6. The van der Waals surface area contributed by atoms with Crippen LogP contribution >= 0.6 is 24.0 Å². The maximum atomic E-state index is 12.3. The minimum Gasteiger partial charge on any atom is -0.495 e. The van der Waals surface area contributed by atoms with Gasteiger partial charge in [-0.25, -0.2) is 14.8 Å².